The summed E-state index contributed by atoms with van der Waals surface area (Å²) in [6.07, 6.45) is 3.27. The van der Waals surface area contributed by atoms with E-state index >= 15 is 0 Å². The number of hydrogen-bond acceptors (Lipinski definition) is 1. The molecule has 0 aromatic heterocycles. The fourth-order valence-corrected chi connectivity index (χ4v) is 1.34. The highest BCUT2D eigenvalue weighted by molar-refractivity contribution is 5.96. The summed E-state index contributed by atoms with van der Waals surface area (Å²) in [5.41, 5.74) is 2.68. The van der Waals surface area contributed by atoms with Crippen LogP contribution in [-0.4, -0.2) is 11.3 Å². The van der Waals surface area contributed by atoms with E-state index in [0.29, 0.717) is 0 Å². The van der Waals surface area contributed by atoms with Crippen LogP contribution in [0.25, 0.3) is 0 Å². The molecule has 0 radical (unpaired) electrons. The fourth-order valence-electron chi connectivity index (χ4n) is 1.34. The Bertz CT molecular complexity index is 201. The van der Waals surface area contributed by atoms with Gasteiger partial charge in [-0.15, -0.1) is 0 Å². The lowest BCUT2D eigenvalue weighted by Crippen LogP contribution is -2.19. The molecule has 1 aliphatic rings. The van der Waals surface area contributed by atoms with Gasteiger partial charge in [0.05, 0.1) is 5.54 Å². The van der Waals surface area contributed by atoms with Crippen molar-refractivity contribution >= 4 is 5.71 Å². The zero-order valence-electron chi connectivity index (χ0n) is 7.23. The molecule has 1 heterocycles. The van der Waals surface area contributed by atoms with Gasteiger partial charge in [0.1, 0.15) is 0 Å². The fraction of sp³-hybridized carbons (Fsp3) is 0.667. The lowest BCUT2D eigenvalue weighted by Gasteiger charge is -2.20. The summed E-state index contributed by atoms with van der Waals surface area (Å²) in [4.78, 5) is 4.54. The first-order valence-electron chi connectivity index (χ1n) is 3.84. The summed E-state index contributed by atoms with van der Waals surface area (Å²) >= 11 is 0. The lowest BCUT2D eigenvalue weighted by atomic mass is 9.93. The molecule has 0 bridgehead atoms. The van der Waals surface area contributed by atoms with Crippen molar-refractivity contribution in [2.24, 2.45) is 4.99 Å². The molecule has 0 saturated heterocycles. The maximum Gasteiger partial charge on any atom is 0.0790 e. The van der Waals surface area contributed by atoms with E-state index in [0.717, 1.165) is 6.42 Å². The maximum atomic E-state index is 4.54. The Balaban J connectivity index is 2.93. The van der Waals surface area contributed by atoms with E-state index in [4.69, 9.17) is 0 Å². The van der Waals surface area contributed by atoms with Crippen LogP contribution in [0.2, 0.25) is 0 Å². The highest BCUT2D eigenvalue weighted by Crippen LogP contribution is 2.29. The first-order valence-corrected chi connectivity index (χ1v) is 3.84. The molecule has 1 rings (SSSR count). The molecule has 1 unspecified atom stereocenters. The SMILES string of the molecule is CCC1(C)N=C(C)C=C1C. The first-order chi connectivity index (χ1) is 4.58. The number of hydrogen-bond donors (Lipinski definition) is 0. The highest BCUT2D eigenvalue weighted by atomic mass is 14.9. The molecule has 1 atom stereocenters. The second kappa shape index (κ2) is 2.22. The Morgan fingerprint density at radius 1 is 1.50 bits per heavy atom. The van der Waals surface area contributed by atoms with E-state index in [1.165, 1.54) is 11.3 Å². The topological polar surface area (TPSA) is 12.4 Å². The highest BCUT2D eigenvalue weighted by Gasteiger charge is 2.26. The molecule has 1 heteroatoms. The first kappa shape index (κ1) is 7.52. The third-order valence-electron chi connectivity index (χ3n) is 2.39. The Hall–Kier alpha value is -0.590. The van der Waals surface area contributed by atoms with Crippen LogP contribution < -0.4 is 0 Å². The predicted octanol–water partition coefficient (Wildman–Crippen LogP) is 2.58. The standard InChI is InChI=1S/C9H15N/c1-5-9(4)7(2)6-8(3)10-9/h6H,5H2,1-4H3. The summed E-state index contributed by atoms with van der Waals surface area (Å²) in [5.74, 6) is 0. The van der Waals surface area contributed by atoms with Crippen molar-refractivity contribution in [1.82, 2.24) is 0 Å². The predicted molar refractivity (Wildman–Crippen MR) is 45.6 cm³/mol. The van der Waals surface area contributed by atoms with Gasteiger partial charge in [-0.2, -0.15) is 0 Å². The van der Waals surface area contributed by atoms with Gasteiger partial charge in [0.2, 0.25) is 0 Å². The number of nitrogens with zero attached hydrogens (tertiary/aromatic N) is 1. The zero-order chi connectivity index (χ0) is 7.78. The number of allylic oxidation sites excluding steroid dienone is 1. The van der Waals surface area contributed by atoms with Crippen LogP contribution in [0.3, 0.4) is 0 Å². The van der Waals surface area contributed by atoms with Crippen LogP contribution in [0.4, 0.5) is 0 Å². The molecule has 0 fully saturated rings. The van der Waals surface area contributed by atoms with Gasteiger partial charge in [0, 0.05) is 5.71 Å². The van der Waals surface area contributed by atoms with Crippen molar-refractivity contribution in [3.8, 4) is 0 Å². The zero-order valence-corrected chi connectivity index (χ0v) is 7.23. The van der Waals surface area contributed by atoms with Crippen molar-refractivity contribution in [3.63, 3.8) is 0 Å². The quantitative estimate of drug-likeness (QED) is 0.526. The molecule has 56 valence electrons. The van der Waals surface area contributed by atoms with Gasteiger partial charge >= 0.3 is 0 Å². The molecule has 0 spiro atoms. The summed E-state index contributed by atoms with van der Waals surface area (Å²) in [5, 5.41) is 0. The minimum Gasteiger partial charge on any atom is -0.279 e. The van der Waals surface area contributed by atoms with Gasteiger partial charge in [0.25, 0.3) is 0 Å². The number of aliphatic imine (C=N–C) groups is 1. The van der Waals surface area contributed by atoms with Crippen molar-refractivity contribution in [2.45, 2.75) is 39.7 Å². The molecule has 1 aliphatic heterocycles. The number of rotatable bonds is 1. The van der Waals surface area contributed by atoms with Crippen molar-refractivity contribution < 1.29 is 0 Å². The van der Waals surface area contributed by atoms with Crippen LogP contribution in [-0.2, 0) is 0 Å². The molecular weight excluding hydrogens is 122 g/mol. The molecule has 0 N–H and O–H groups in total. The average Bonchev–Trinajstić information content (AvgIpc) is 2.09. The average molecular weight is 137 g/mol. The second-order valence-corrected chi connectivity index (χ2v) is 3.21. The second-order valence-electron chi connectivity index (χ2n) is 3.21. The van der Waals surface area contributed by atoms with Crippen LogP contribution in [0.5, 0.6) is 0 Å². The third kappa shape index (κ3) is 1.00. The summed E-state index contributed by atoms with van der Waals surface area (Å²) in [6.45, 7) is 8.59. The van der Waals surface area contributed by atoms with Crippen molar-refractivity contribution in [1.29, 1.82) is 0 Å². The molecule has 1 nitrogen and oxygen atoms in total. The van der Waals surface area contributed by atoms with Gasteiger partial charge in [-0.25, -0.2) is 0 Å². The lowest BCUT2D eigenvalue weighted by molar-refractivity contribution is 0.544. The Labute approximate surface area is 62.9 Å². The van der Waals surface area contributed by atoms with Gasteiger partial charge < -0.3 is 0 Å². The normalized spacial score (nSPS) is 32.0. The third-order valence-corrected chi connectivity index (χ3v) is 2.39. The Kier molecular flexibility index (Phi) is 1.67. The summed E-state index contributed by atoms with van der Waals surface area (Å²) in [7, 11) is 0. The Morgan fingerprint density at radius 2 is 2.10 bits per heavy atom. The smallest absolute Gasteiger partial charge is 0.0790 e. The van der Waals surface area contributed by atoms with Gasteiger partial charge in [-0.05, 0) is 38.8 Å². The Morgan fingerprint density at radius 3 is 2.30 bits per heavy atom. The largest absolute Gasteiger partial charge is 0.279 e. The van der Waals surface area contributed by atoms with E-state index in [1.54, 1.807) is 0 Å². The van der Waals surface area contributed by atoms with Crippen LogP contribution in [0.15, 0.2) is 16.6 Å². The van der Waals surface area contributed by atoms with Gasteiger partial charge in [-0.3, -0.25) is 4.99 Å². The molecule has 0 aromatic carbocycles. The van der Waals surface area contributed by atoms with Crippen LogP contribution in [0.1, 0.15) is 34.1 Å². The van der Waals surface area contributed by atoms with Crippen molar-refractivity contribution in [3.05, 3.63) is 11.6 Å². The van der Waals surface area contributed by atoms with E-state index < -0.39 is 0 Å². The van der Waals surface area contributed by atoms with E-state index in [1.807, 2.05) is 0 Å². The van der Waals surface area contributed by atoms with Gasteiger partial charge in [-0.1, -0.05) is 6.92 Å². The molecular formula is C9H15N. The van der Waals surface area contributed by atoms with Crippen LogP contribution >= 0.6 is 0 Å². The molecule has 0 amide bonds. The van der Waals surface area contributed by atoms with E-state index in [9.17, 15) is 0 Å². The minimum absolute atomic E-state index is 0.115. The molecule has 0 aliphatic carbocycles. The van der Waals surface area contributed by atoms with Crippen LogP contribution in [0, 0.1) is 0 Å². The monoisotopic (exact) mass is 137 g/mol. The van der Waals surface area contributed by atoms with E-state index in [2.05, 4.69) is 38.8 Å². The summed E-state index contributed by atoms with van der Waals surface area (Å²) < 4.78 is 0. The summed E-state index contributed by atoms with van der Waals surface area (Å²) in [6, 6.07) is 0. The van der Waals surface area contributed by atoms with Gasteiger partial charge in [0.15, 0.2) is 0 Å². The molecule has 0 saturated carbocycles. The maximum absolute atomic E-state index is 4.54. The minimum atomic E-state index is 0.115. The van der Waals surface area contributed by atoms with Crippen molar-refractivity contribution in [2.75, 3.05) is 0 Å². The van der Waals surface area contributed by atoms with E-state index in [-0.39, 0.29) is 5.54 Å². The molecule has 10 heavy (non-hydrogen) atoms. The molecule has 0 aromatic rings.